The molecular weight excluding hydrogens is 263 g/mol. The number of carboxylic acids is 1. The lowest BCUT2D eigenvalue weighted by atomic mass is 9.69. The Balaban J connectivity index is 2.02. The van der Waals surface area contributed by atoms with Crippen molar-refractivity contribution in [2.75, 3.05) is 6.54 Å². The number of carboxylic acid groups (broad SMARTS) is 1. The van der Waals surface area contributed by atoms with Gasteiger partial charge in [0.2, 0.25) is 0 Å². The molecule has 0 aromatic rings. The number of amides is 1. The van der Waals surface area contributed by atoms with E-state index in [2.05, 4.69) is 0 Å². The van der Waals surface area contributed by atoms with E-state index in [1.54, 1.807) is 0 Å². The van der Waals surface area contributed by atoms with Gasteiger partial charge >= 0.3 is 18.1 Å². The zero-order valence-electron chi connectivity index (χ0n) is 10.3. The molecule has 2 rings (SSSR count). The molecule has 2 atom stereocenters. The van der Waals surface area contributed by atoms with Crippen molar-refractivity contribution in [3.63, 3.8) is 0 Å². The molecule has 19 heavy (non-hydrogen) atoms. The number of hydrogen-bond acceptors (Lipinski definition) is 2. The molecule has 2 unspecified atom stereocenters. The van der Waals surface area contributed by atoms with E-state index in [9.17, 15) is 27.9 Å². The van der Waals surface area contributed by atoms with E-state index in [4.69, 9.17) is 0 Å². The molecule has 108 valence electrons. The molecular formula is C12H16F3NO3. The van der Waals surface area contributed by atoms with Crippen LogP contribution in [0.2, 0.25) is 0 Å². The molecule has 7 heteroatoms. The topological polar surface area (TPSA) is 66.4 Å². The molecule has 0 spiro atoms. The predicted molar refractivity (Wildman–Crippen MR) is 59.3 cm³/mol. The number of nitrogens with one attached hydrogen (secondary N) is 1. The first kappa shape index (κ1) is 14.1. The van der Waals surface area contributed by atoms with Crippen molar-refractivity contribution in [3.05, 3.63) is 0 Å². The van der Waals surface area contributed by atoms with Gasteiger partial charge in [0.25, 0.3) is 0 Å². The number of carbonyl (C=O) groups excluding carboxylic acids is 1. The fourth-order valence-electron chi connectivity index (χ4n) is 3.52. The summed E-state index contributed by atoms with van der Waals surface area (Å²) in [5.74, 6) is -2.81. The molecule has 2 aliphatic carbocycles. The normalized spacial score (nSPS) is 34.1. The highest BCUT2D eigenvalue weighted by Gasteiger charge is 2.55. The van der Waals surface area contributed by atoms with Gasteiger partial charge in [-0.15, -0.1) is 0 Å². The largest absolute Gasteiger partial charge is 0.481 e. The summed E-state index contributed by atoms with van der Waals surface area (Å²) in [4.78, 5) is 22.1. The van der Waals surface area contributed by atoms with Crippen LogP contribution in [0.1, 0.15) is 38.5 Å². The summed E-state index contributed by atoms with van der Waals surface area (Å²) in [5, 5.41) is 11.2. The minimum Gasteiger partial charge on any atom is -0.481 e. The Morgan fingerprint density at radius 1 is 1.16 bits per heavy atom. The van der Waals surface area contributed by atoms with Crippen LogP contribution >= 0.6 is 0 Å². The summed E-state index contributed by atoms with van der Waals surface area (Å²) in [5.41, 5.74) is -1.27. The first-order valence-corrected chi connectivity index (χ1v) is 6.28. The number of fused-ring (bicyclic) bond motifs is 2. The van der Waals surface area contributed by atoms with Gasteiger partial charge < -0.3 is 10.4 Å². The molecule has 2 aliphatic rings. The number of halogens is 3. The lowest BCUT2D eigenvalue weighted by molar-refractivity contribution is -0.174. The van der Waals surface area contributed by atoms with Crippen LogP contribution in [0, 0.1) is 10.8 Å². The van der Waals surface area contributed by atoms with Crippen molar-refractivity contribution in [2.45, 2.75) is 44.7 Å². The molecule has 4 nitrogen and oxygen atoms in total. The van der Waals surface area contributed by atoms with Gasteiger partial charge in [-0.2, -0.15) is 13.2 Å². The van der Waals surface area contributed by atoms with E-state index in [-0.39, 0.29) is 6.54 Å². The maximum absolute atomic E-state index is 12.1. The number of alkyl halides is 3. The third-order valence-corrected chi connectivity index (χ3v) is 4.54. The Morgan fingerprint density at radius 3 is 2.42 bits per heavy atom. The Hall–Kier alpha value is -1.27. The average Bonchev–Trinajstić information content (AvgIpc) is 2.59. The predicted octanol–water partition coefficient (Wildman–Crippen LogP) is 2.09. The Kier molecular flexibility index (Phi) is 3.26. The van der Waals surface area contributed by atoms with Gasteiger partial charge in [-0.25, -0.2) is 0 Å². The maximum Gasteiger partial charge on any atom is 0.471 e. The van der Waals surface area contributed by atoms with Gasteiger partial charge in [0.05, 0.1) is 5.41 Å². The minimum atomic E-state index is -4.88. The van der Waals surface area contributed by atoms with Crippen LogP contribution in [0.4, 0.5) is 13.2 Å². The van der Waals surface area contributed by atoms with Gasteiger partial charge in [-0.3, -0.25) is 9.59 Å². The van der Waals surface area contributed by atoms with E-state index < -0.39 is 28.9 Å². The average molecular weight is 279 g/mol. The first-order chi connectivity index (χ1) is 8.69. The number of hydrogen-bond donors (Lipinski definition) is 2. The summed E-state index contributed by atoms with van der Waals surface area (Å²) in [6.07, 6.45) is -1.51. The minimum absolute atomic E-state index is 0.0830. The second-order valence-corrected chi connectivity index (χ2v) is 5.80. The summed E-state index contributed by atoms with van der Waals surface area (Å²) in [7, 11) is 0. The van der Waals surface area contributed by atoms with E-state index in [1.165, 1.54) is 0 Å². The molecule has 2 saturated carbocycles. The Labute approximate surface area is 108 Å². The summed E-state index contributed by atoms with van der Waals surface area (Å²) >= 11 is 0. The Bertz CT molecular complexity index is 410. The van der Waals surface area contributed by atoms with Crippen LogP contribution in [0.5, 0.6) is 0 Å². The number of aliphatic carboxylic acids is 1. The number of rotatable bonds is 3. The van der Waals surface area contributed by atoms with Gasteiger partial charge in [0, 0.05) is 6.54 Å². The van der Waals surface area contributed by atoms with Gasteiger partial charge in [0.1, 0.15) is 0 Å². The van der Waals surface area contributed by atoms with Crippen LogP contribution in [-0.2, 0) is 9.59 Å². The molecule has 0 saturated heterocycles. The molecule has 0 radical (unpaired) electrons. The zero-order chi connectivity index (χ0) is 14.3. The fraction of sp³-hybridized carbons (Fsp3) is 0.833. The van der Waals surface area contributed by atoms with Gasteiger partial charge in [0.15, 0.2) is 0 Å². The highest BCUT2D eigenvalue weighted by Crippen LogP contribution is 2.58. The summed E-state index contributed by atoms with van der Waals surface area (Å²) in [6, 6.07) is 0. The lowest BCUT2D eigenvalue weighted by Gasteiger charge is -2.37. The fourth-order valence-corrected chi connectivity index (χ4v) is 3.52. The lowest BCUT2D eigenvalue weighted by Crippen LogP contribution is -2.44. The quantitative estimate of drug-likeness (QED) is 0.831. The van der Waals surface area contributed by atoms with Crippen molar-refractivity contribution in [3.8, 4) is 0 Å². The molecule has 2 fully saturated rings. The molecule has 0 aliphatic heterocycles. The molecule has 0 aromatic heterocycles. The second-order valence-electron chi connectivity index (χ2n) is 5.80. The van der Waals surface area contributed by atoms with E-state index >= 15 is 0 Å². The van der Waals surface area contributed by atoms with Crippen molar-refractivity contribution < 1.29 is 27.9 Å². The molecule has 2 bridgehead atoms. The highest BCUT2D eigenvalue weighted by atomic mass is 19.4. The van der Waals surface area contributed by atoms with Crippen LogP contribution in [0.25, 0.3) is 0 Å². The van der Waals surface area contributed by atoms with Crippen molar-refractivity contribution in [1.82, 2.24) is 5.32 Å². The van der Waals surface area contributed by atoms with Crippen LogP contribution < -0.4 is 5.32 Å². The smallest absolute Gasteiger partial charge is 0.471 e. The van der Waals surface area contributed by atoms with E-state index in [1.807, 2.05) is 5.32 Å². The molecule has 1 amide bonds. The van der Waals surface area contributed by atoms with Crippen LogP contribution in [0.15, 0.2) is 0 Å². The molecule has 2 N–H and O–H groups in total. The second kappa shape index (κ2) is 4.38. The van der Waals surface area contributed by atoms with Gasteiger partial charge in [-0.1, -0.05) is 6.42 Å². The maximum atomic E-state index is 12.1. The summed E-state index contributed by atoms with van der Waals surface area (Å²) < 4.78 is 36.4. The van der Waals surface area contributed by atoms with Crippen LogP contribution in [0.3, 0.4) is 0 Å². The number of carbonyl (C=O) groups is 2. The summed E-state index contributed by atoms with van der Waals surface area (Å²) in [6.45, 7) is -0.0830. The van der Waals surface area contributed by atoms with E-state index in [0.29, 0.717) is 38.5 Å². The zero-order valence-corrected chi connectivity index (χ0v) is 10.3. The van der Waals surface area contributed by atoms with Crippen molar-refractivity contribution >= 4 is 11.9 Å². The molecule has 0 heterocycles. The third-order valence-electron chi connectivity index (χ3n) is 4.54. The van der Waals surface area contributed by atoms with Crippen molar-refractivity contribution in [1.29, 1.82) is 0 Å². The monoisotopic (exact) mass is 279 g/mol. The SMILES string of the molecule is O=C(NCC12CCCC(C(=O)O)(CC1)C2)C(F)(F)F. The van der Waals surface area contributed by atoms with Crippen molar-refractivity contribution in [2.24, 2.45) is 10.8 Å². The van der Waals surface area contributed by atoms with Gasteiger partial charge in [-0.05, 0) is 37.5 Å². The van der Waals surface area contributed by atoms with E-state index in [0.717, 1.165) is 0 Å². The Morgan fingerprint density at radius 2 is 1.84 bits per heavy atom. The highest BCUT2D eigenvalue weighted by molar-refractivity contribution is 5.81. The first-order valence-electron chi connectivity index (χ1n) is 6.28. The third kappa shape index (κ3) is 2.55. The standard InChI is InChI=1S/C12H16F3NO3/c13-12(14,15)8(17)16-7-10-2-1-3-11(6-10,5-4-10)9(18)19/h1-7H2,(H,16,17)(H,18,19). The molecule has 0 aromatic carbocycles. The van der Waals surface area contributed by atoms with Crippen LogP contribution in [-0.4, -0.2) is 29.7 Å².